The second kappa shape index (κ2) is 12.4. The number of nitrogens with zero attached hydrogens (tertiary/aromatic N) is 4. The summed E-state index contributed by atoms with van der Waals surface area (Å²) in [5.74, 6) is 2.57. The Morgan fingerprint density at radius 2 is 1.78 bits per heavy atom. The Labute approximate surface area is 207 Å². The fourth-order valence-corrected chi connectivity index (χ4v) is 3.50. The van der Waals surface area contributed by atoms with Gasteiger partial charge in [0.05, 0.1) is 31.6 Å². The van der Waals surface area contributed by atoms with Gasteiger partial charge in [-0.3, -0.25) is 4.99 Å². The van der Waals surface area contributed by atoms with Crippen molar-refractivity contribution >= 4 is 29.9 Å². The Hall–Kier alpha value is -2.59. The molecule has 8 heteroatoms. The van der Waals surface area contributed by atoms with Crippen molar-refractivity contribution in [2.75, 3.05) is 41.8 Å². The van der Waals surface area contributed by atoms with Crippen LogP contribution in [0.2, 0.25) is 0 Å². The second-order valence-electron chi connectivity index (χ2n) is 7.65. The molecule has 172 valence electrons. The number of rotatable bonds is 8. The number of aromatic amines is 1. The first kappa shape index (κ1) is 25.7. The summed E-state index contributed by atoms with van der Waals surface area (Å²) in [6.45, 7) is 1.35. The number of benzene rings is 2. The Morgan fingerprint density at radius 3 is 2.38 bits per heavy atom. The topological polar surface area (TPSA) is 68.8 Å². The van der Waals surface area contributed by atoms with Crippen LogP contribution in [0.25, 0.3) is 11.3 Å². The molecule has 1 atom stereocenters. The maximum atomic E-state index is 5.28. The molecule has 0 fully saturated rings. The van der Waals surface area contributed by atoms with Crippen LogP contribution in [0.1, 0.15) is 17.4 Å². The molecule has 0 saturated heterocycles. The van der Waals surface area contributed by atoms with Crippen LogP contribution in [0.3, 0.4) is 0 Å². The zero-order chi connectivity index (χ0) is 22.2. The average molecular weight is 548 g/mol. The van der Waals surface area contributed by atoms with Crippen molar-refractivity contribution in [3.8, 4) is 17.0 Å². The van der Waals surface area contributed by atoms with E-state index in [2.05, 4.69) is 68.4 Å². The van der Waals surface area contributed by atoms with E-state index in [0.717, 1.165) is 35.3 Å². The molecule has 0 aliphatic heterocycles. The molecular weight excluding hydrogens is 515 g/mol. The molecule has 0 amide bonds. The van der Waals surface area contributed by atoms with Crippen LogP contribution in [-0.2, 0) is 6.54 Å². The number of nitrogens with one attached hydrogen (secondary N) is 2. The standard InChI is InChI=1S/C24H32N6O.HI/c1-25-24(27-16-22(29(2)3)19-11-13-20(31-5)14-12-19)30(4)17-23-26-15-21(28-23)18-9-7-6-8-10-18;/h6-15,22H,16-17H2,1-5H3,(H,25,27)(H,26,28);1H. The zero-order valence-corrected chi connectivity index (χ0v) is 21.7. The van der Waals surface area contributed by atoms with E-state index in [1.807, 2.05) is 43.6 Å². The first-order valence-corrected chi connectivity index (χ1v) is 10.3. The maximum absolute atomic E-state index is 5.28. The van der Waals surface area contributed by atoms with Crippen molar-refractivity contribution in [1.29, 1.82) is 0 Å². The first-order chi connectivity index (χ1) is 15.0. The summed E-state index contributed by atoms with van der Waals surface area (Å²) in [6.07, 6.45) is 1.88. The minimum absolute atomic E-state index is 0. The quantitative estimate of drug-likeness (QED) is 0.253. The maximum Gasteiger partial charge on any atom is 0.193 e. The van der Waals surface area contributed by atoms with Crippen LogP contribution in [0.5, 0.6) is 5.75 Å². The van der Waals surface area contributed by atoms with Crippen LogP contribution in [0.15, 0.2) is 65.8 Å². The number of hydrogen-bond acceptors (Lipinski definition) is 4. The average Bonchev–Trinajstić information content (AvgIpc) is 3.25. The highest BCUT2D eigenvalue weighted by Gasteiger charge is 2.17. The number of H-pyrrole nitrogens is 1. The molecule has 0 bridgehead atoms. The Bertz CT molecular complexity index is 972. The van der Waals surface area contributed by atoms with Gasteiger partial charge in [0.25, 0.3) is 0 Å². The lowest BCUT2D eigenvalue weighted by Crippen LogP contribution is -2.42. The Morgan fingerprint density at radius 1 is 1.09 bits per heavy atom. The van der Waals surface area contributed by atoms with Gasteiger partial charge in [-0.15, -0.1) is 24.0 Å². The van der Waals surface area contributed by atoms with E-state index < -0.39 is 0 Å². The molecule has 1 aromatic heterocycles. The molecule has 0 radical (unpaired) electrons. The summed E-state index contributed by atoms with van der Waals surface area (Å²) < 4.78 is 5.28. The van der Waals surface area contributed by atoms with Crippen LogP contribution in [-0.4, -0.2) is 67.6 Å². The molecule has 3 aromatic rings. The number of halogens is 1. The van der Waals surface area contributed by atoms with E-state index in [-0.39, 0.29) is 30.0 Å². The number of aliphatic imine (C=N–C) groups is 1. The lowest BCUT2D eigenvalue weighted by atomic mass is 10.1. The van der Waals surface area contributed by atoms with Gasteiger partial charge < -0.3 is 24.8 Å². The van der Waals surface area contributed by atoms with Crippen molar-refractivity contribution in [2.24, 2.45) is 4.99 Å². The summed E-state index contributed by atoms with van der Waals surface area (Å²) in [6, 6.07) is 18.6. The van der Waals surface area contributed by atoms with Crippen molar-refractivity contribution < 1.29 is 4.74 Å². The van der Waals surface area contributed by atoms with Gasteiger partial charge in [0.2, 0.25) is 0 Å². The monoisotopic (exact) mass is 548 g/mol. The van der Waals surface area contributed by atoms with E-state index >= 15 is 0 Å². The van der Waals surface area contributed by atoms with Crippen LogP contribution < -0.4 is 10.1 Å². The Balaban J connectivity index is 0.00000363. The van der Waals surface area contributed by atoms with Crippen LogP contribution >= 0.6 is 24.0 Å². The summed E-state index contributed by atoms with van der Waals surface area (Å²) in [5, 5.41) is 3.50. The third kappa shape index (κ3) is 6.70. The number of ether oxygens (including phenoxy) is 1. The summed E-state index contributed by atoms with van der Waals surface area (Å²) in [5.41, 5.74) is 3.36. The number of likely N-dealkylation sites (N-methyl/N-ethyl adjacent to an activating group) is 1. The lowest BCUT2D eigenvalue weighted by molar-refractivity contribution is 0.295. The molecule has 0 aliphatic carbocycles. The second-order valence-corrected chi connectivity index (χ2v) is 7.65. The van der Waals surface area contributed by atoms with E-state index in [9.17, 15) is 0 Å². The van der Waals surface area contributed by atoms with Gasteiger partial charge in [-0.25, -0.2) is 4.98 Å². The number of imidazole rings is 1. The highest BCUT2D eigenvalue weighted by molar-refractivity contribution is 14.0. The smallest absolute Gasteiger partial charge is 0.193 e. The van der Waals surface area contributed by atoms with Gasteiger partial charge in [0, 0.05) is 20.6 Å². The fourth-order valence-electron chi connectivity index (χ4n) is 3.50. The van der Waals surface area contributed by atoms with Gasteiger partial charge >= 0.3 is 0 Å². The third-order valence-corrected chi connectivity index (χ3v) is 5.25. The summed E-state index contributed by atoms with van der Waals surface area (Å²) in [4.78, 5) is 16.7. The number of guanidine groups is 1. The highest BCUT2D eigenvalue weighted by Crippen LogP contribution is 2.21. The Kier molecular flexibility index (Phi) is 9.98. The molecule has 32 heavy (non-hydrogen) atoms. The number of hydrogen-bond donors (Lipinski definition) is 2. The van der Waals surface area contributed by atoms with E-state index in [0.29, 0.717) is 6.54 Å². The van der Waals surface area contributed by atoms with Crippen molar-refractivity contribution in [2.45, 2.75) is 12.6 Å². The summed E-state index contributed by atoms with van der Waals surface area (Å²) in [7, 11) is 9.65. The zero-order valence-electron chi connectivity index (χ0n) is 19.4. The predicted molar refractivity (Wildman–Crippen MR) is 142 cm³/mol. The summed E-state index contributed by atoms with van der Waals surface area (Å²) >= 11 is 0. The largest absolute Gasteiger partial charge is 0.497 e. The normalized spacial score (nSPS) is 12.2. The molecular formula is C24H33IN6O. The van der Waals surface area contributed by atoms with Crippen LogP contribution in [0.4, 0.5) is 0 Å². The van der Waals surface area contributed by atoms with Gasteiger partial charge in [0.15, 0.2) is 5.96 Å². The first-order valence-electron chi connectivity index (χ1n) is 10.3. The van der Waals surface area contributed by atoms with Gasteiger partial charge in [-0.05, 0) is 37.4 Å². The number of aromatic nitrogens is 2. The minimum atomic E-state index is 0. The number of methoxy groups -OCH3 is 1. The molecule has 3 rings (SSSR count). The van der Waals surface area contributed by atoms with E-state index in [1.165, 1.54) is 5.56 Å². The van der Waals surface area contributed by atoms with Crippen molar-refractivity contribution in [1.82, 2.24) is 25.1 Å². The predicted octanol–water partition coefficient (Wildman–Crippen LogP) is 4.01. The van der Waals surface area contributed by atoms with Crippen molar-refractivity contribution in [3.63, 3.8) is 0 Å². The molecule has 7 nitrogen and oxygen atoms in total. The van der Waals surface area contributed by atoms with Gasteiger partial charge in [-0.2, -0.15) is 0 Å². The molecule has 2 N–H and O–H groups in total. The van der Waals surface area contributed by atoms with Gasteiger partial charge in [-0.1, -0.05) is 42.5 Å². The molecule has 0 spiro atoms. The molecule has 0 saturated carbocycles. The molecule has 1 unspecified atom stereocenters. The fraction of sp³-hybridized carbons (Fsp3) is 0.333. The van der Waals surface area contributed by atoms with E-state index in [4.69, 9.17) is 4.74 Å². The minimum Gasteiger partial charge on any atom is -0.497 e. The third-order valence-electron chi connectivity index (χ3n) is 5.25. The van der Waals surface area contributed by atoms with Gasteiger partial charge in [0.1, 0.15) is 11.6 Å². The molecule has 1 heterocycles. The van der Waals surface area contributed by atoms with Crippen molar-refractivity contribution in [3.05, 3.63) is 72.2 Å². The molecule has 0 aliphatic rings. The molecule has 2 aromatic carbocycles. The van der Waals surface area contributed by atoms with E-state index in [1.54, 1.807) is 14.2 Å². The lowest BCUT2D eigenvalue weighted by Gasteiger charge is -2.28. The SMILES string of the molecule is CN=C(NCC(c1ccc(OC)cc1)N(C)C)N(C)Cc1ncc(-c2ccccc2)[nH]1.I. The van der Waals surface area contributed by atoms with Crippen LogP contribution in [0, 0.1) is 0 Å². The highest BCUT2D eigenvalue weighted by atomic mass is 127.